The van der Waals surface area contributed by atoms with Crippen LogP contribution in [-0.4, -0.2) is 174 Å². The molecule has 4 saturated carbocycles. The number of aliphatic hydroxyl groups excluding tert-OH is 9. The molecule has 3 aliphatic heterocycles. The molecular weight excluding hydrogens is 865 g/mol. The van der Waals surface area contributed by atoms with Gasteiger partial charge in [0.1, 0.15) is 66.8 Å². The molecule has 3 heterocycles. The third kappa shape index (κ3) is 7.70. The van der Waals surface area contributed by atoms with Crippen molar-refractivity contribution in [2.45, 2.75) is 211 Å². The number of carboxylic acids is 1. The van der Waals surface area contributed by atoms with Gasteiger partial charge < -0.3 is 79.5 Å². The number of ketones is 1. The highest BCUT2D eigenvalue weighted by Crippen LogP contribution is 2.75. The van der Waals surface area contributed by atoms with Gasteiger partial charge in [0.25, 0.3) is 0 Å². The predicted octanol–water partition coefficient (Wildman–Crippen LogP) is 0.913. The Morgan fingerprint density at radius 2 is 1.35 bits per heavy atom. The monoisotopic (exact) mass is 941 g/mol. The number of rotatable bonds is 9. The maximum atomic E-state index is 13.8. The van der Waals surface area contributed by atoms with Gasteiger partial charge in [0.2, 0.25) is 0 Å². The highest BCUT2D eigenvalue weighted by Gasteiger charge is 2.70. The maximum Gasteiger partial charge on any atom is 0.335 e. The second-order valence-corrected chi connectivity index (χ2v) is 23.4. The number of Topliss-reactive ketones (excluding diaryl/α,β-unsaturated/α-hetero) is 1. The van der Waals surface area contributed by atoms with E-state index in [1.807, 2.05) is 6.92 Å². The fourth-order valence-electron chi connectivity index (χ4n) is 14.9. The topological polar surface area (TPSA) is 292 Å². The maximum absolute atomic E-state index is 13.8. The molecular formula is C48H76O18. The van der Waals surface area contributed by atoms with Gasteiger partial charge in [0.15, 0.2) is 25.0 Å². The van der Waals surface area contributed by atoms with Crippen molar-refractivity contribution in [2.24, 2.45) is 50.2 Å². The molecule has 0 spiro atoms. The van der Waals surface area contributed by atoms with Crippen molar-refractivity contribution in [3.63, 3.8) is 0 Å². The molecule has 5 aliphatic carbocycles. The van der Waals surface area contributed by atoms with Gasteiger partial charge in [-0.2, -0.15) is 0 Å². The van der Waals surface area contributed by atoms with E-state index in [1.165, 1.54) is 12.5 Å². The number of hydrogen-bond acceptors (Lipinski definition) is 17. The summed E-state index contributed by atoms with van der Waals surface area (Å²) in [6, 6.07) is 0. The normalized spacial score (nSPS) is 54.8. The van der Waals surface area contributed by atoms with Crippen LogP contribution in [0.3, 0.4) is 0 Å². The molecule has 0 aromatic carbocycles. The summed E-state index contributed by atoms with van der Waals surface area (Å²) in [5.41, 5.74) is -0.312. The van der Waals surface area contributed by atoms with Crippen LogP contribution in [0.4, 0.5) is 0 Å². The standard InChI is InChI=1S/C48H76O18/c1-21-29(52)31(54)34(57)40(61-21)65-37-32(55)30(53)24(19-49)62-42(37)64-36-33(56)35(58)41(66-38(36)39(59)60)63-28-12-13-45(5)25(46(28,6)20-50)11-14-48(8)26(45)10-9-22-23-17-43(2,3)18-27(51)44(23,4)15-16-47(22,48)7/h9,21,23-26,28-38,40-42,49-50,52-58H,10-20H2,1-8H3,(H,59,60). The molecule has 7 fully saturated rings. The summed E-state index contributed by atoms with van der Waals surface area (Å²) in [7, 11) is 0. The molecule has 3 saturated heterocycles. The molecule has 0 aromatic rings. The van der Waals surface area contributed by atoms with Crippen LogP contribution in [0, 0.1) is 50.2 Å². The Morgan fingerprint density at radius 1 is 0.712 bits per heavy atom. The molecule has 0 bridgehead atoms. The molecule has 10 N–H and O–H groups in total. The van der Waals surface area contributed by atoms with E-state index in [0.717, 1.165) is 38.5 Å². The van der Waals surface area contributed by atoms with Gasteiger partial charge in [-0.3, -0.25) is 4.79 Å². The number of aliphatic hydroxyl groups is 9. The Labute approximate surface area is 386 Å². The second kappa shape index (κ2) is 17.5. The number of carbonyl (C=O) groups is 2. The Morgan fingerprint density at radius 3 is 2.00 bits per heavy atom. The Bertz CT molecular complexity index is 1860. The number of ether oxygens (including phenoxy) is 6. The quantitative estimate of drug-likeness (QED) is 0.114. The predicted molar refractivity (Wildman–Crippen MR) is 230 cm³/mol. The minimum Gasteiger partial charge on any atom is -0.479 e. The molecule has 8 rings (SSSR count). The first-order chi connectivity index (χ1) is 30.7. The Balaban J connectivity index is 1.01. The number of fused-ring (bicyclic) bond motifs is 7. The van der Waals surface area contributed by atoms with E-state index in [4.69, 9.17) is 28.4 Å². The lowest BCUT2D eigenvalue weighted by Gasteiger charge is -2.71. The summed E-state index contributed by atoms with van der Waals surface area (Å²) in [5.74, 6) is -0.849. The van der Waals surface area contributed by atoms with E-state index in [0.29, 0.717) is 25.0 Å². The van der Waals surface area contributed by atoms with Crippen LogP contribution in [0.5, 0.6) is 0 Å². The van der Waals surface area contributed by atoms with Crippen molar-refractivity contribution in [3.05, 3.63) is 11.6 Å². The molecule has 66 heavy (non-hydrogen) atoms. The summed E-state index contributed by atoms with van der Waals surface area (Å²) >= 11 is 0. The highest BCUT2D eigenvalue weighted by molar-refractivity contribution is 5.87. The van der Waals surface area contributed by atoms with Crippen molar-refractivity contribution < 1.29 is 89.1 Å². The summed E-state index contributed by atoms with van der Waals surface area (Å²) in [6.45, 7) is 16.1. The minimum absolute atomic E-state index is 0.0490. The molecule has 0 amide bonds. The van der Waals surface area contributed by atoms with Gasteiger partial charge in [-0.05, 0) is 97.7 Å². The second-order valence-electron chi connectivity index (χ2n) is 23.4. The molecule has 376 valence electrons. The number of aliphatic carboxylic acids is 1. The average molecular weight is 941 g/mol. The molecule has 0 radical (unpaired) electrons. The van der Waals surface area contributed by atoms with Crippen LogP contribution in [0.15, 0.2) is 11.6 Å². The summed E-state index contributed by atoms with van der Waals surface area (Å²) in [5, 5.41) is 108. The fourth-order valence-corrected chi connectivity index (χ4v) is 14.9. The summed E-state index contributed by atoms with van der Waals surface area (Å²) in [6.07, 6.45) is -17.7. The molecule has 0 aromatic heterocycles. The van der Waals surface area contributed by atoms with Crippen molar-refractivity contribution in [2.75, 3.05) is 13.2 Å². The fraction of sp³-hybridized carbons (Fsp3) is 0.917. The smallest absolute Gasteiger partial charge is 0.335 e. The summed E-state index contributed by atoms with van der Waals surface area (Å²) < 4.78 is 35.3. The Hall–Kier alpha value is -1.72. The van der Waals surface area contributed by atoms with Crippen molar-refractivity contribution in [1.82, 2.24) is 0 Å². The number of hydrogen-bond donors (Lipinski definition) is 10. The van der Waals surface area contributed by atoms with Gasteiger partial charge in [-0.1, -0.05) is 60.1 Å². The molecule has 24 unspecified atom stereocenters. The lowest BCUT2D eigenvalue weighted by molar-refractivity contribution is -0.388. The van der Waals surface area contributed by atoms with E-state index in [1.54, 1.807) is 0 Å². The molecule has 18 heteroatoms. The largest absolute Gasteiger partial charge is 0.479 e. The Kier molecular flexibility index (Phi) is 13.5. The van der Waals surface area contributed by atoms with Crippen LogP contribution in [-0.2, 0) is 38.0 Å². The van der Waals surface area contributed by atoms with E-state index in [9.17, 15) is 60.7 Å². The van der Waals surface area contributed by atoms with Crippen molar-refractivity contribution >= 4 is 11.8 Å². The van der Waals surface area contributed by atoms with E-state index in [2.05, 4.69) is 47.6 Å². The number of carbonyl (C=O) groups excluding carboxylic acids is 1. The first-order valence-corrected chi connectivity index (χ1v) is 24.1. The first kappa shape index (κ1) is 50.7. The third-order valence-electron chi connectivity index (χ3n) is 19.2. The van der Waals surface area contributed by atoms with Crippen molar-refractivity contribution in [1.29, 1.82) is 0 Å². The zero-order valence-electron chi connectivity index (χ0n) is 39.6. The van der Waals surface area contributed by atoms with Crippen LogP contribution < -0.4 is 0 Å². The van der Waals surface area contributed by atoms with Crippen LogP contribution in [0.25, 0.3) is 0 Å². The zero-order chi connectivity index (χ0) is 48.4. The minimum atomic E-state index is -2.03. The average Bonchev–Trinajstić information content (AvgIpc) is 3.25. The SMILES string of the molecule is CC1OC(OC2C(OC3C(C(=O)O)OC(OC4CCC5(C)C(CCC6(C)C5CC=C5C7CC(C)(C)CC(=O)C7(C)CCC56C)C4(C)CO)C(O)C3O)OC(CO)C(O)C2O)C(O)C(O)C1O. The van der Waals surface area contributed by atoms with Gasteiger partial charge in [-0.15, -0.1) is 0 Å². The number of allylic oxidation sites excluding steroid dienone is 2. The summed E-state index contributed by atoms with van der Waals surface area (Å²) in [4.78, 5) is 26.7. The van der Waals surface area contributed by atoms with Gasteiger partial charge in [-0.25, -0.2) is 4.79 Å². The first-order valence-electron chi connectivity index (χ1n) is 24.1. The molecule has 8 aliphatic rings. The lowest BCUT2D eigenvalue weighted by atomic mass is 9.33. The van der Waals surface area contributed by atoms with Gasteiger partial charge >= 0.3 is 5.97 Å². The molecule has 18 nitrogen and oxygen atoms in total. The van der Waals surface area contributed by atoms with Crippen LogP contribution >= 0.6 is 0 Å². The third-order valence-corrected chi connectivity index (χ3v) is 19.2. The van der Waals surface area contributed by atoms with Crippen molar-refractivity contribution in [3.8, 4) is 0 Å². The van der Waals surface area contributed by atoms with Gasteiger partial charge in [0, 0.05) is 17.3 Å². The van der Waals surface area contributed by atoms with Gasteiger partial charge in [0.05, 0.1) is 25.4 Å². The van der Waals surface area contributed by atoms with E-state index in [-0.39, 0.29) is 51.4 Å². The zero-order valence-corrected chi connectivity index (χ0v) is 39.6. The highest BCUT2D eigenvalue weighted by atomic mass is 16.8. The van der Waals surface area contributed by atoms with Crippen LogP contribution in [0.2, 0.25) is 0 Å². The lowest BCUT2D eigenvalue weighted by Crippen LogP contribution is -2.68. The molecule has 24 atom stereocenters. The van der Waals surface area contributed by atoms with E-state index >= 15 is 0 Å². The van der Waals surface area contributed by atoms with Crippen LogP contribution in [0.1, 0.15) is 113 Å². The van der Waals surface area contributed by atoms with E-state index < -0.39 is 116 Å². The number of carboxylic acid groups (broad SMARTS) is 1.